The standard InChI is InChI=1S/C15H16N2O3/c1-15(2,14(16)20)17-13(19)11-8-7-9-5-3-4-6-10(9)12(11)18/h3-8,18H,1-2H3,(H2,16,20)(H,17,19). The lowest BCUT2D eigenvalue weighted by molar-refractivity contribution is -0.122. The average molecular weight is 272 g/mol. The van der Waals surface area contributed by atoms with Gasteiger partial charge in [-0.3, -0.25) is 9.59 Å². The number of benzene rings is 2. The number of aromatic hydroxyl groups is 1. The van der Waals surface area contributed by atoms with Crippen LogP contribution in [0.3, 0.4) is 0 Å². The number of rotatable bonds is 3. The molecule has 0 spiro atoms. The largest absolute Gasteiger partial charge is 0.506 e. The summed E-state index contributed by atoms with van der Waals surface area (Å²) in [5, 5.41) is 14.1. The number of primary amides is 1. The van der Waals surface area contributed by atoms with Gasteiger partial charge in [-0.05, 0) is 25.3 Å². The minimum Gasteiger partial charge on any atom is -0.506 e. The van der Waals surface area contributed by atoms with E-state index in [1.807, 2.05) is 12.1 Å². The zero-order valence-electron chi connectivity index (χ0n) is 11.3. The van der Waals surface area contributed by atoms with Gasteiger partial charge in [-0.1, -0.05) is 30.3 Å². The molecule has 5 heteroatoms. The zero-order chi connectivity index (χ0) is 14.9. The highest BCUT2D eigenvalue weighted by molar-refractivity contribution is 6.05. The van der Waals surface area contributed by atoms with Crippen molar-refractivity contribution in [3.8, 4) is 5.75 Å². The lowest BCUT2D eigenvalue weighted by Gasteiger charge is -2.22. The summed E-state index contributed by atoms with van der Waals surface area (Å²) in [6.45, 7) is 3.01. The van der Waals surface area contributed by atoms with Gasteiger partial charge in [0.1, 0.15) is 11.3 Å². The van der Waals surface area contributed by atoms with Crippen molar-refractivity contribution in [2.24, 2.45) is 5.73 Å². The Morgan fingerprint density at radius 1 is 1.15 bits per heavy atom. The van der Waals surface area contributed by atoms with Crippen molar-refractivity contribution in [1.29, 1.82) is 0 Å². The highest BCUT2D eigenvalue weighted by Crippen LogP contribution is 2.28. The number of hydrogen-bond acceptors (Lipinski definition) is 3. The molecule has 2 aromatic carbocycles. The van der Waals surface area contributed by atoms with Crippen LogP contribution in [-0.4, -0.2) is 22.5 Å². The van der Waals surface area contributed by atoms with Crippen LogP contribution in [0.1, 0.15) is 24.2 Å². The Morgan fingerprint density at radius 3 is 2.45 bits per heavy atom. The van der Waals surface area contributed by atoms with Gasteiger partial charge >= 0.3 is 0 Å². The summed E-state index contributed by atoms with van der Waals surface area (Å²) in [4.78, 5) is 23.4. The third-order valence-corrected chi connectivity index (χ3v) is 3.19. The fourth-order valence-electron chi connectivity index (χ4n) is 1.85. The van der Waals surface area contributed by atoms with E-state index in [2.05, 4.69) is 5.32 Å². The Kier molecular flexibility index (Phi) is 3.36. The summed E-state index contributed by atoms with van der Waals surface area (Å²) in [5.41, 5.74) is 4.13. The summed E-state index contributed by atoms with van der Waals surface area (Å²) in [6.07, 6.45) is 0. The van der Waals surface area contributed by atoms with Gasteiger partial charge in [-0.15, -0.1) is 0 Å². The summed E-state index contributed by atoms with van der Waals surface area (Å²) in [5.74, 6) is -1.30. The Bertz CT molecular complexity index is 693. The molecular weight excluding hydrogens is 256 g/mol. The van der Waals surface area contributed by atoms with Gasteiger partial charge < -0.3 is 16.2 Å². The fourth-order valence-corrected chi connectivity index (χ4v) is 1.85. The van der Waals surface area contributed by atoms with Crippen LogP contribution >= 0.6 is 0 Å². The third kappa shape index (κ3) is 2.42. The first kappa shape index (κ1) is 13.9. The molecule has 4 N–H and O–H groups in total. The molecule has 0 saturated heterocycles. The van der Waals surface area contributed by atoms with Crippen molar-refractivity contribution < 1.29 is 14.7 Å². The monoisotopic (exact) mass is 272 g/mol. The summed E-state index contributed by atoms with van der Waals surface area (Å²) in [6, 6.07) is 10.4. The normalized spacial score (nSPS) is 11.3. The van der Waals surface area contributed by atoms with E-state index in [1.54, 1.807) is 18.2 Å². The van der Waals surface area contributed by atoms with E-state index in [0.717, 1.165) is 5.39 Å². The lowest BCUT2D eigenvalue weighted by Crippen LogP contribution is -2.53. The van der Waals surface area contributed by atoms with E-state index in [4.69, 9.17) is 5.73 Å². The highest BCUT2D eigenvalue weighted by Gasteiger charge is 2.28. The van der Waals surface area contributed by atoms with Gasteiger partial charge in [-0.25, -0.2) is 0 Å². The molecule has 0 aromatic heterocycles. The lowest BCUT2D eigenvalue weighted by atomic mass is 10.0. The summed E-state index contributed by atoms with van der Waals surface area (Å²) < 4.78 is 0. The van der Waals surface area contributed by atoms with Crippen molar-refractivity contribution in [3.05, 3.63) is 42.0 Å². The van der Waals surface area contributed by atoms with Gasteiger partial charge in [0.15, 0.2) is 0 Å². The van der Waals surface area contributed by atoms with Crippen molar-refractivity contribution >= 4 is 22.6 Å². The highest BCUT2D eigenvalue weighted by atomic mass is 16.3. The smallest absolute Gasteiger partial charge is 0.255 e. The molecule has 2 aromatic rings. The Labute approximate surface area is 116 Å². The van der Waals surface area contributed by atoms with E-state index in [1.165, 1.54) is 19.9 Å². The molecule has 20 heavy (non-hydrogen) atoms. The minimum absolute atomic E-state index is 0.109. The average Bonchev–Trinajstić information content (AvgIpc) is 2.38. The van der Waals surface area contributed by atoms with Crippen molar-refractivity contribution in [2.45, 2.75) is 19.4 Å². The van der Waals surface area contributed by atoms with Gasteiger partial charge in [0.05, 0.1) is 5.56 Å². The van der Waals surface area contributed by atoms with E-state index in [-0.39, 0.29) is 11.3 Å². The number of fused-ring (bicyclic) bond motifs is 1. The second-order valence-corrected chi connectivity index (χ2v) is 5.13. The number of nitrogens with two attached hydrogens (primary N) is 1. The zero-order valence-corrected chi connectivity index (χ0v) is 11.3. The van der Waals surface area contributed by atoms with Crippen LogP contribution in [0.15, 0.2) is 36.4 Å². The molecule has 0 aliphatic rings. The molecule has 0 heterocycles. The molecule has 0 saturated carbocycles. The molecule has 5 nitrogen and oxygen atoms in total. The molecule has 0 atom stereocenters. The maximum absolute atomic E-state index is 12.2. The summed E-state index contributed by atoms with van der Waals surface area (Å²) in [7, 11) is 0. The van der Waals surface area contributed by atoms with E-state index >= 15 is 0 Å². The molecule has 0 unspecified atom stereocenters. The molecule has 0 radical (unpaired) electrons. The number of carbonyl (C=O) groups excluding carboxylic acids is 2. The van der Waals surface area contributed by atoms with Gasteiger partial charge in [0.25, 0.3) is 5.91 Å². The molecule has 0 aliphatic heterocycles. The van der Waals surface area contributed by atoms with Crippen LogP contribution in [0.2, 0.25) is 0 Å². The van der Waals surface area contributed by atoms with Crippen LogP contribution in [0, 0.1) is 0 Å². The Hall–Kier alpha value is -2.56. The number of phenolic OH excluding ortho intramolecular Hbond substituents is 1. The third-order valence-electron chi connectivity index (χ3n) is 3.19. The first-order valence-electron chi connectivity index (χ1n) is 6.16. The maximum atomic E-state index is 12.2. The topological polar surface area (TPSA) is 92.4 Å². The number of phenols is 1. The van der Waals surface area contributed by atoms with Crippen LogP contribution in [0.25, 0.3) is 10.8 Å². The van der Waals surface area contributed by atoms with Gasteiger partial charge in [0.2, 0.25) is 5.91 Å². The quantitative estimate of drug-likeness (QED) is 0.791. The van der Waals surface area contributed by atoms with Crippen molar-refractivity contribution in [1.82, 2.24) is 5.32 Å². The number of nitrogens with one attached hydrogen (secondary N) is 1. The molecule has 0 fully saturated rings. The maximum Gasteiger partial charge on any atom is 0.255 e. The Morgan fingerprint density at radius 2 is 1.80 bits per heavy atom. The first-order chi connectivity index (χ1) is 9.33. The second-order valence-electron chi connectivity index (χ2n) is 5.13. The molecule has 104 valence electrons. The molecule has 0 aliphatic carbocycles. The van der Waals surface area contributed by atoms with Gasteiger partial charge in [0, 0.05) is 5.39 Å². The first-order valence-corrected chi connectivity index (χ1v) is 6.16. The molecular formula is C15H16N2O3. The van der Waals surface area contributed by atoms with Crippen molar-refractivity contribution in [2.75, 3.05) is 0 Å². The van der Waals surface area contributed by atoms with E-state index in [9.17, 15) is 14.7 Å². The number of hydrogen-bond donors (Lipinski definition) is 3. The van der Waals surface area contributed by atoms with Crippen molar-refractivity contribution in [3.63, 3.8) is 0 Å². The number of amides is 2. The van der Waals surface area contributed by atoms with Crippen LogP contribution in [0.4, 0.5) is 0 Å². The predicted molar refractivity (Wildman–Crippen MR) is 76.4 cm³/mol. The Balaban J connectivity index is 2.41. The second kappa shape index (κ2) is 4.85. The molecule has 0 bridgehead atoms. The van der Waals surface area contributed by atoms with Gasteiger partial charge in [-0.2, -0.15) is 0 Å². The van der Waals surface area contributed by atoms with E-state index in [0.29, 0.717) is 5.39 Å². The predicted octanol–water partition coefficient (Wildman–Crippen LogP) is 1.54. The van der Waals surface area contributed by atoms with E-state index < -0.39 is 17.4 Å². The van der Waals surface area contributed by atoms with Crippen LogP contribution < -0.4 is 11.1 Å². The molecule has 2 rings (SSSR count). The van der Waals surface area contributed by atoms with Crippen LogP contribution in [0.5, 0.6) is 5.75 Å². The summed E-state index contributed by atoms with van der Waals surface area (Å²) >= 11 is 0. The SMILES string of the molecule is CC(C)(NC(=O)c1ccc2ccccc2c1O)C(N)=O. The minimum atomic E-state index is -1.19. The molecule has 2 amide bonds. The van der Waals surface area contributed by atoms with Crippen LogP contribution in [-0.2, 0) is 4.79 Å². The number of carbonyl (C=O) groups is 2. The fraction of sp³-hybridized carbons (Fsp3) is 0.200.